The number of carbonyl (C=O) groups excluding carboxylic acids is 1. The molecular weight excluding hydrogens is 421 g/mol. The van der Waals surface area contributed by atoms with Crippen LogP contribution in [-0.2, 0) is 15.9 Å². The maximum Gasteiger partial charge on any atom is 0.181 e. The summed E-state index contributed by atoms with van der Waals surface area (Å²) in [6.07, 6.45) is 2.71. The molecule has 0 aliphatic carbocycles. The minimum atomic E-state index is -0.438. The second-order valence-electron chi connectivity index (χ2n) is 8.51. The fourth-order valence-corrected chi connectivity index (χ4v) is 4.42. The fraction of sp³-hybridized carbons (Fsp3) is 0.385. The molecule has 3 aromatic rings. The number of Topliss-reactive ketones (excluding diaryl/α,β-unsaturated/α-hetero) is 1. The van der Waals surface area contributed by atoms with Crippen LogP contribution >= 0.6 is 0 Å². The molecule has 2 aromatic heterocycles. The molecule has 0 spiro atoms. The maximum absolute atomic E-state index is 15.4. The van der Waals surface area contributed by atoms with Gasteiger partial charge in [-0.05, 0) is 55.8 Å². The average Bonchev–Trinajstić information content (AvgIpc) is 3.14. The molecule has 1 aliphatic heterocycles. The van der Waals surface area contributed by atoms with Crippen LogP contribution in [0.1, 0.15) is 40.5 Å². The number of benzene rings is 1. The maximum atomic E-state index is 15.4. The molecule has 4 rings (SSSR count). The Labute approximate surface area is 193 Å². The van der Waals surface area contributed by atoms with Crippen molar-refractivity contribution in [2.45, 2.75) is 39.7 Å². The molecule has 1 aromatic carbocycles. The van der Waals surface area contributed by atoms with Crippen LogP contribution in [0.2, 0.25) is 0 Å². The largest absolute Gasteiger partial charge is 0.483 e. The van der Waals surface area contributed by atoms with Crippen LogP contribution in [0.4, 0.5) is 4.39 Å². The Morgan fingerprint density at radius 2 is 2.12 bits per heavy atom. The highest BCUT2D eigenvalue weighted by Gasteiger charge is 2.27. The van der Waals surface area contributed by atoms with E-state index in [2.05, 4.69) is 11.5 Å². The fourth-order valence-electron chi connectivity index (χ4n) is 4.42. The highest BCUT2D eigenvalue weighted by atomic mass is 19.1. The van der Waals surface area contributed by atoms with Crippen molar-refractivity contribution in [2.75, 3.05) is 26.8 Å². The Hall–Kier alpha value is -3.19. The number of methoxy groups -OCH3 is 1. The van der Waals surface area contributed by atoms with Crippen molar-refractivity contribution in [1.82, 2.24) is 14.3 Å². The summed E-state index contributed by atoms with van der Waals surface area (Å²) in [5.74, 6) is 0.0888. The van der Waals surface area contributed by atoms with Crippen LogP contribution in [0.25, 0.3) is 16.9 Å². The molecule has 1 fully saturated rings. The molecule has 0 saturated carbocycles. The molecule has 0 amide bonds. The molecule has 1 atom stereocenters. The zero-order chi connectivity index (χ0) is 23.7. The van der Waals surface area contributed by atoms with Crippen molar-refractivity contribution in [3.8, 4) is 11.3 Å². The number of carbonyl (C=O) groups is 1. The summed E-state index contributed by atoms with van der Waals surface area (Å²) in [5, 5.41) is 0. The molecule has 0 N–H and O–H groups in total. The molecule has 7 heteroatoms. The van der Waals surface area contributed by atoms with E-state index in [0.29, 0.717) is 60.8 Å². The number of hydrogen-bond donors (Lipinski definition) is 0. The summed E-state index contributed by atoms with van der Waals surface area (Å²) in [6.45, 7) is 11.5. The third-order valence-corrected chi connectivity index (χ3v) is 6.20. The Kier molecular flexibility index (Phi) is 6.51. The first-order chi connectivity index (χ1) is 15.8. The van der Waals surface area contributed by atoms with Crippen molar-refractivity contribution < 1.29 is 18.7 Å². The highest BCUT2D eigenvalue weighted by Crippen LogP contribution is 2.33. The number of pyridine rings is 1. The van der Waals surface area contributed by atoms with E-state index in [1.807, 2.05) is 36.6 Å². The third-order valence-electron chi connectivity index (χ3n) is 6.20. The topological polar surface area (TPSA) is 56.1 Å². The number of ether oxygens (including phenoxy) is 2. The van der Waals surface area contributed by atoms with Gasteiger partial charge in [-0.25, -0.2) is 9.37 Å². The Bertz CT molecular complexity index is 1190. The number of morpholine rings is 1. The number of nitrogens with zero attached hydrogens (tertiary/aromatic N) is 3. The standard InChI is InChI=1S/C26H30FN3O3/c1-6-23(31)19-12-17(3)25(21(27)13-19)26-22(30-8-7-16(2)11-24(30)28-26)14-20-15-29(9-10-33-20)18(4)32-5/h7-8,11-13,20H,4,6,9-10,14-15H2,1-3,5H3. The van der Waals surface area contributed by atoms with E-state index >= 15 is 4.39 Å². The van der Waals surface area contributed by atoms with Gasteiger partial charge in [0, 0.05) is 43.3 Å². The molecular formula is C26H30FN3O3. The van der Waals surface area contributed by atoms with E-state index in [1.54, 1.807) is 20.1 Å². The number of aryl methyl sites for hydroxylation is 2. The van der Waals surface area contributed by atoms with Gasteiger partial charge in [-0.2, -0.15) is 0 Å². The predicted molar refractivity (Wildman–Crippen MR) is 126 cm³/mol. The van der Waals surface area contributed by atoms with Crippen molar-refractivity contribution >= 4 is 11.4 Å². The normalized spacial score (nSPS) is 16.3. The van der Waals surface area contributed by atoms with Gasteiger partial charge in [0.25, 0.3) is 0 Å². The minimum Gasteiger partial charge on any atom is -0.483 e. The lowest BCUT2D eigenvalue weighted by Gasteiger charge is -2.34. The van der Waals surface area contributed by atoms with Crippen LogP contribution in [0.15, 0.2) is 42.9 Å². The van der Waals surface area contributed by atoms with Gasteiger partial charge in [0.1, 0.15) is 11.5 Å². The third kappa shape index (κ3) is 4.50. The SMILES string of the molecule is C=C(OC)N1CCOC(Cc2c(-c3c(C)cc(C(=O)CC)cc3F)nc3cc(C)ccn23)C1. The van der Waals surface area contributed by atoms with Gasteiger partial charge in [-0.3, -0.25) is 4.79 Å². The second-order valence-corrected chi connectivity index (χ2v) is 8.51. The number of imidazole rings is 1. The molecule has 1 unspecified atom stereocenters. The van der Waals surface area contributed by atoms with Crippen molar-refractivity contribution in [3.63, 3.8) is 0 Å². The number of hydrogen-bond acceptors (Lipinski definition) is 5. The predicted octanol–water partition coefficient (Wildman–Crippen LogP) is 4.71. The quantitative estimate of drug-likeness (QED) is 0.385. The number of ketones is 1. The van der Waals surface area contributed by atoms with Gasteiger partial charge in [0.05, 0.1) is 31.2 Å². The molecule has 0 radical (unpaired) electrons. The number of aromatic nitrogens is 2. The van der Waals surface area contributed by atoms with Crippen LogP contribution in [0.5, 0.6) is 0 Å². The molecule has 3 heterocycles. The van der Waals surface area contributed by atoms with Gasteiger partial charge >= 0.3 is 0 Å². The molecule has 1 aliphatic rings. The Balaban J connectivity index is 1.79. The minimum absolute atomic E-state index is 0.0801. The van der Waals surface area contributed by atoms with Gasteiger partial charge in [-0.1, -0.05) is 6.92 Å². The monoisotopic (exact) mass is 451 g/mol. The van der Waals surface area contributed by atoms with Crippen LogP contribution in [0.3, 0.4) is 0 Å². The van der Waals surface area contributed by atoms with Crippen molar-refractivity contribution in [1.29, 1.82) is 0 Å². The van der Waals surface area contributed by atoms with E-state index in [9.17, 15) is 4.79 Å². The van der Waals surface area contributed by atoms with Crippen molar-refractivity contribution in [3.05, 3.63) is 71.1 Å². The zero-order valence-electron chi connectivity index (χ0n) is 19.7. The van der Waals surface area contributed by atoms with E-state index < -0.39 is 5.82 Å². The van der Waals surface area contributed by atoms with Gasteiger partial charge in [0.15, 0.2) is 11.7 Å². The van der Waals surface area contributed by atoms with Crippen LogP contribution in [0, 0.1) is 19.7 Å². The zero-order valence-corrected chi connectivity index (χ0v) is 19.7. The lowest BCUT2D eigenvalue weighted by Crippen LogP contribution is -2.43. The lowest BCUT2D eigenvalue weighted by atomic mass is 9.96. The second kappa shape index (κ2) is 9.35. The van der Waals surface area contributed by atoms with Crippen LogP contribution < -0.4 is 0 Å². The van der Waals surface area contributed by atoms with Crippen molar-refractivity contribution in [2.24, 2.45) is 0 Å². The average molecular weight is 452 g/mol. The summed E-state index contributed by atoms with van der Waals surface area (Å²) in [7, 11) is 1.61. The lowest BCUT2D eigenvalue weighted by molar-refractivity contribution is -0.0342. The highest BCUT2D eigenvalue weighted by molar-refractivity contribution is 5.96. The summed E-state index contributed by atoms with van der Waals surface area (Å²) >= 11 is 0. The van der Waals surface area contributed by atoms with E-state index in [-0.39, 0.29) is 11.9 Å². The molecule has 174 valence electrons. The molecule has 33 heavy (non-hydrogen) atoms. The summed E-state index contributed by atoms with van der Waals surface area (Å²) < 4.78 is 28.8. The Morgan fingerprint density at radius 3 is 2.82 bits per heavy atom. The Morgan fingerprint density at radius 1 is 1.33 bits per heavy atom. The first kappa shape index (κ1) is 23.0. The first-order valence-corrected chi connectivity index (χ1v) is 11.2. The smallest absolute Gasteiger partial charge is 0.181 e. The van der Waals surface area contributed by atoms with Gasteiger partial charge < -0.3 is 18.8 Å². The van der Waals surface area contributed by atoms with E-state index in [0.717, 1.165) is 16.9 Å². The van der Waals surface area contributed by atoms with Crippen LogP contribution in [-0.4, -0.2) is 53.0 Å². The number of rotatable bonds is 7. The molecule has 1 saturated heterocycles. The van der Waals surface area contributed by atoms with E-state index in [4.69, 9.17) is 14.5 Å². The summed E-state index contributed by atoms with van der Waals surface area (Å²) in [6, 6.07) is 7.07. The summed E-state index contributed by atoms with van der Waals surface area (Å²) in [4.78, 5) is 19.0. The number of halogens is 1. The first-order valence-electron chi connectivity index (χ1n) is 11.2. The number of fused-ring (bicyclic) bond motifs is 1. The summed E-state index contributed by atoms with van der Waals surface area (Å²) in [5.41, 5.74) is 4.78. The molecule has 6 nitrogen and oxygen atoms in total. The van der Waals surface area contributed by atoms with Gasteiger partial charge in [-0.15, -0.1) is 0 Å². The van der Waals surface area contributed by atoms with Gasteiger partial charge in [0.2, 0.25) is 0 Å². The van der Waals surface area contributed by atoms with E-state index in [1.165, 1.54) is 6.07 Å². The molecule has 0 bridgehead atoms.